The summed E-state index contributed by atoms with van der Waals surface area (Å²) in [6, 6.07) is 7.39. The molecule has 0 unspecified atom stereocenters. The molecule has 0 fully saturated rings. The minimum absolute atomic E-state index is 0.219. The van der Waals surface area contributed by atoms with Gasteiger partial charge in [-0.3, -0.25) is 9.78 Å². The molecule has 0 atom stereocenters. The molecule has 0 bridgehead atoms. The Bertz CT molecular complexity index is 582. The Morgan fingerprint density at radius 2 is 2.15 bits per heavy atom. The van der Waals surface area contributed by atoms with Crippen LogP contribution >= 0.6 is 0 Å². The molecule has 0 radical (unpaired) electrons. The lowest BCUT2D eigenvalue weighted by molar-refractivity contribution is 0.0949. The summed E-state index contributed by atoms with van der Waals surface area (Å²) in [7, 11) is 0. The van der Waals surface area contributed by atoms with Gasteiger partial charge in [-0.05, 0) is 36.8 Å². The van der Waals surface area contributed by atoms with Crippen LogP contribution in [0.5, 0.6) is 5.75 Å². The number of hydrogen-bond acceptors (Lipinski definition) is 5. The number of rotatable bonds is 5. The summed E-state index contributed by atoms with van der Waals surface area (Å²) in [5.74, 6) is 0.397. The monoisotopic (exact) mass is 270 g/mol. The molecule has 6 nitrogen and oxygen atoms in total. The molecule has 1 aromatic carbocycles. The lowest BCUT2D eigenvalue weighted by atomic mass is 10.2. The molecule has 0 spiro atoms. The van der Waals surface area contributed by atoms with Gasteiger partial charge in [0.2, 0.25) is 0 Å². The van der Waals surface area contributed by atoms with E-state index >= 15 is 0 Å². The lowest BCUT2D eigenvalue weighted by Crippen LogP contribution is -2.19. The Morgan fingerprint density at radius 3 is 2.80 bits per heavy atom. The summed E-state index contributed by atoms with van der Waals surface area (Å²) in [6.45, 7) is 2.55. The lowest BCUT2D eigenvalue weighted by Gasteiger charge is -2.02. The molecule has 0 aliphatic heterocycles. The molecular formula is C14H14N4O2. The van der Waals surface area contributed by atoms with E-state index in [1.54, 1.807) is 6.21 Å². The number of ether oxygens (including phenoxy) is 1. The highest BCUT2D eigenvalue weighted by molar-refractivity contribution is 5.92. The van der Waals surface area contributed by atoms with Crippen molar-refractivity contribution >= 4 is 12.1 Å². The highest BCUT2D eigenvalue weighted by atomic mass is 16.5. The van der Waals surface area contributed by atoms with Gasteiger partial charge < -0.3 is 4.74 Å². The molecule has 1 aromatic heterocycles. The number of amides is 1. The third-order valence-electron chi connectivity index (χ3n) is 2.37. The molecule has 102 valence electrons. The SMILES string of the molecule is CCOc1ccc(/C=N\NC(=O)c2cnccn2)cc1. The number of carbonyl (C=O) groups excluding carboxylic acids is 1. The van der Waals surface area contributed by atoms with E-state index in [1.165, 1.54) is 18.6 Å². The van der Waals surface area contributed by atoms with Crippen molar-refractivity contribution in [2.45, 2.75) is 6.92 Å². The van der Waals surface area contributed by atoms with Gasteiger partial charge in [-0.25, -0.2) is 10.4 Å². The van der Waals surface area contributed by atoms with Gasteiger partial charge in [-0.2, -0.15) is 5.10 Å². The second kappa shape index (κ2) is 6.98. The maximum Gasteiger partial charge on any atom is 0.291 e. The molecule has 1 amide bonds. The molecule has 1 N–H and O–H groups in total. The summed E-state index contributed by atoms with van der Waals surface area (Å²) in [6.07, 6.45) is 5.87. The van der Waals surface area contributed by atoms with Crippen LogP contribution in [0.15, 0.2) is 48.0 Å². The van der Waals surface area contributed by atoms with Gasteiger partial charge in [0.15, 0.2) is 0 Å². The average Bonchev–Trinajstić information content (AvgIpc) is 2.50. The predicted molar refractivity (Wildman–Crippen MR) is 74.7 cm³/mol. The molecule has 2 rings (SSSR count). The molecule has 0 aliphatic carbocycles. The zero-order chi connectivity index (χ0) is 14.2. The van der Waals surface area contributed by atoms with Gasteiger partial charge in [0.05, 0.1) is 19.0 Å². The van der Waals surface area contributed by atoms with Crippen molar-refractivity contribution in [1.82, 2.24) is 15.4 Å². The summed E-state index contributed by atoms with van der Waals surface area (Å²) in [5, 5.41) is 3.86. The van der Waals surface area contributed by atoms with Crippen molar-refractivity contribution < 1.29 is 9.53 Å². The molecule has 0 aliphatic rings. The van der Waals surface area contributed by atoms with Crippen LogP contribution in [0.25, 0.3) is 0 Å². The summed E-state index contributed by atoms with van der Waals surface area (Å²) in [5.41, 5.74) is 3.46. The maximum absolute atomic E-state index is 11.6. The van der Waals surface area contributed by atoms with Crippen molar-refractivity contribution in [2.75, 3.05) is 6.61 Å². The fourth-order valence-corrected chi connectivity index (χ4v) is 1.46. The highest BCUT2D eigenvalue weighted by Crippen LogP contribution is 2.10. The number of carbonyl (C=O) groups is 1. The number of benzene rings is 1. The van der Waals surface area contributed by atoms with Crippen LogP contribution in [0.3, 0.4) is 0 Å². The van der Waals surface area contributed by atoms with E-state index in [0.29, 0.717) is 6.61 Å². The maximum atomic E-state index is 11.6. The number of aromatic nitrogens is 2. The van der Waals surface area contributed by atoms with Gasteiger partial charge in [-0.1, -0.05) is 0 Å². The molecule has 0 saturated carbocycles. The summed E-state index contributed by atoms with van der Waals surface area (Å²) < 4.78 is 5.33. The van der Waals surface area contributed by atoms with Gasteiger partial charge >= 0.3 is 0 Å². The zero-order valence-corrected chi connectivity index (χ0v) is 11.0. The van der Waals surface area contributed by atoms with E-state index in [-0.39, 0.29) is 5.69 Å². The van der Waals surface area contributed by atoms with Gasteiger partial charge in [0.25, 0.3) is 5.91 Å². The van der Waals surface area contributed by atoms with E-state index in [9.17, 15) is 4.79 Å². The van der Waals surface area contributed by atoms with E-state index in [2.05, 4.69) is 20.5 Å². The molecular weight excluding hydrogens is 256 g/mol. The molecule has 0 saturated heterocycles. The smallest absolute Gasteiger partial charge is 0.291 e. The van der Waals surface area contributed by atoms with Crippen molar-refractivity contribution in [3.05, 3.63) is 54.1 Å². The molecule has 1 heterocycles. The Morgan fingerprint density at radius 1 is 1.35 bits per heavy atom. The van der Waals surface area contributed by atoms with Crippen LogP contribution in [0, 0.1) is 0 Å². The number of hydrazone groups is 1. The van der Waals surface area contributed by atoms with Gasteiger partial charge in [0.1, 0.15) is 11.4 Å². The van der Waals surface area contributed by atoms with Crippen LogP contribution in [-0.4, -0.2) is 28.7 Å². The van der Waals surface area contributed by atoms with Crippen LogP contribution in [0.4, 0.5) is 0 Å². The topological polar surface area (TPSA) is 76.5 Å². The first-order valence-corrected chi connectivity index (χ1v) is 6.12. The van der Waals surface area contributed by atoms with E-state index < -0.39 is 5.91 Å². The van der Waals surface area contributed by atoms with Crippen LogP contribution in [-0.2, 0) is 0 Å². The van der Waals surface area contributed by atoms with Crippen molar-refractivity contribution in [1.29, 1.82) is 0 Å². The van der Waals surface area contributed by atoms with Crippen molar-refractivity contribution in [3.63, 3.8) is 0 Å². The van der Waals surface area contributed by atoms with E-state index in [0.717, 1.165) is 11.3 Å². The fraction of sp³-hybridized carbons (Fsp3) is 0.143. The quantitative estimate of drug-likeness (QED) is 0.662. The average molecular weight is 270 g/mol. The van der Waals surface area contributed by atoms with E-state index in [4.69, 9.17) is 4.74 Å². The Balaban J connectivity index is 1.91. The minimum Gasteiger partial charge on any atom is -0.494 e. The predicted octanol–water partition coefficient (Wildman–Crippen LogP) is 1.64. The van der Waals surface area contributed by atoms with E-state index in [1.807, 2.05) is 31.2 Å². The van der Waals surface area contributed by atoms with Gasteiger partial charge in [-0.15, -0.1) is 0 Å². The Hall–Kier alpha value is -2.76. The van der Waals surface area contributed by atoms with Gasteiger partial charge in [0, 0.05) is 12.4 Å². The Labute approximate surface area is 116 Å². The van der Waals surface area contributed by atoms with Crippen LogP contribution in [0.1, 0.15) is 23.0 Å². The van der Waals surface area contributed by atoms with Crippen LogP contribution in [0.2, 0.25) is 0 Å². The second-order valence-corrected chi connectivity index (χ2v) is 3.79. The normalized spacial score (nSPS) is 10.4. The molecule has 20 heavy (non-hydrogen) atoms. The third-order valence-corrected chi connectivity index (χ3v) is 2.37. The fourth-order valence-electron chi connectivity index (χ4n) is 1.46. The number of hydrogen-bond donors (Lipinski definition) is 1. The zero-order valence-electron chi connectivity index (χ0n) is 11.0. The first kappa shape index (κ1) is 13.7. The standard InChI is InChI=1S/C14H14N4O2/c1-2-20-12-5-3-11(4-6-12)9-17-18-14(19)13-10-15-7-8-16-13/h3-10H,2H2,1H3,(H,18,19)/b17-9-. The molecule has 2 aromatic rings. The molecule has 6 heteroatoms. The summed E-state index contributed by atoms with van der Waals surface area (Å²) >= 11 is 0. The summed E-state index contributed by atoms with van der Waals surface area (Å²) in [4.78, 5) is 19.3. The van der Waals surface area contributed by atoms with Crippen molar-refractivity contribution in [2.24, 2.45) is 5.10 Å². The number of nitrogens with one attached hydrogen (secondary N) is 1. The van der Waals surface area contributed by atoms with Crippen molar-refractivity contribution in [3.8, 4) is 5.75 Å². The highest BCUT2D eigenvalue weighted by Gasteiger charge is 2.04. The largest absolute Gasteiger partial charge is 0.494 e. The Kier molecular flexibility index (Phi) is 4.77. The third kappa shape index (κ3) is 3.88. The number of nitrogens with zero attached hydrogens (tertiary/aromatic N) is 3. The first-order chi connectivity index (χ1) is 9.79. The minimum atomic E-state index is -0.403. The first-order valence-electron chi connectivity index (χ1n) is 6.12. The van der Waals surface area contributed by atoms with Crippen LogP contribution < -0.4 is 10.2 Å². The second-order valence-electron chi connectivity index (χ2n) is 3.79.